The van der Waals surface area contributed by atoms with Crippen LogP contribution in [-0.2, 0) is 0 Å². The SMILES string of the molecule is c1ccc(-c2ccc3c(c2)c2cc(-c4ccc5c(c4)c4cc(-c6ccc(-c7ccc8c(c7)oc7c(-n9c%10ccccc%10c%10cc(-c%11ccc%12c(c%11)c%11ccccc%11n%12-c%11nc(-c%12ccccc%12)cc(-c%12ccccc%12)n%11)ccc%109)cccc78)cc6)ccc4n5-c4ccccc4)ccc2n3-c2nc(-c3ccccc3)nc(-c3ccccc3)n2)cc1. The summed E-state index contributed by atoms with van der Waals surface area (Å²) in [5.74, 6) is 2.39. The molecule has 7 aromatic heterocycles. The van der Waals surface area contributed by atoms with Gasteiger partial charge in [0.05, 0.1) is 61.2 Å². The molecule has 0 fully saturated rings. The van der Waals surface area contributed by atoms with E-state index in [1.54, 1.807) is 0 Å². The molecule has 0 saturated carbocycles. The molecule has 0 saturated heterocycles. The summed E-state index contributed by atoms with van der Waals surface area (Å²) < 4.78 is 16.3. The van der Waals surface area contributed by atoms with E-state index in [1.165, 1.54) is 5.39 Å². The first-order valence-electron chi connectivity index (χ1n) is 40.3. The van der Waals surface area contributed by atoms with Crippen LogP contribution in [0.3, 0.4) is 0 Å². The average molecular weight is 1520 g/mol. The number of hydrogen-bond donors (Lipinski definition) is 0. The summed E-state index contributed by atoms with van der Waals surface area (Å²) in [5.41, 5.74) is 29.1. The Kier molecular flexibility index (Phi) is 15.4. The number of para-hydroxylation sites is 4. The highest BCUT2D eigenvalue weighted by Gasteiger charge is 2.25. The summed E-state index contributed by atoms with van der Waals surface area (Å²) in [6, 6.07) is 145. The Labute approximate surface area is 683 Å². The molecule has 0 aliphatic carbocycles. The molecule has 10 heteroatoms. The van der Waals surface area contributed by atoms with Gasteiger partial charge in [-0.25, -0.2) is 15.0 Å². The molecule has 24 rings (SSSR count). The summed E-state index contributed by atoms with van der Waals surface area (Å²) in [7, 11) is 0. The van der Waals surface area contributed by atoms with Crippen LogP contribution in [0, 0.1) is 0 Å². The number of nitrogens with zero attached hydrogens (tertiary/aromatic N) is 9. The minimum Gasteiger partial charge on any atom is -0.454 e. The molecule has 0 aliphatic heterocycles. The molecule has 0 aliphatic rings. The zero-order chi connectivity index (χ0) is 78.2. The van der Waals surface area contributed by atoms with Crippen molar-refractivity contribution < 1.29 is 4.42 Å². The fourth-order valence-corrected chi connectivity index (χ4v) is 18.2. The molecule has 0 amide bonds. The number of benzene rings is 17. The van der Waals surface area contributed by atoms with Crippen LogP contribution in [0.2, 0.25) is 0 Å². The van der Waals surface area contributed by atoms with E-state index in [4.69, 9.17) is 29.3 Å². The van der Waals surface area contributed by atoms with E-state index < -0.39 is 0 Å². The summed E-state index contributed by atoms with van der Waals surface area (Å²) in [6.45, 7) is 0. The molecule has 0 unspecified atom stereocenters. The van der Waals surface area contributed by atoms with E-state index in [-0.39, 0.29) is 0 Å². The van der Waals surface area contributed by atoms with Crippen LogP contribution in [0.15, 0.2) is 411 Å². The van der Waals surface area contributed by atoms with E-state index in [1.807, 2.05) is 48.5 Å². The van der Waals surface area contributed by atoms with Gasteiger partial charge < -0.3 is 13.6 Å². The molecule has 7 heterocycles. The third-order valence-corrected chi connectivity index (χ3v) is 23.9. The van der Waals surface area contributed by atoms with Gasteiger partial charge in [-0.1, -0.05) is 285 Å². The Morgan fingerprint density at radius 2 is 0.487 bits per heavy atom. The minimum atomic E-state index is 0.552. The van der Waals surface area contributed by atoms with E-state index in [0.717, 1.165) is 204 Å². The normalized spacial score (nSPS) is 11.9. The predicted molar refractivity (Wildman–Crippen MR) is 489 cm³/mol. The Morgan fingerprint density at radius 1 is 0.176 bits per heavy atom. The maximum Gasteiger partial charge on any atom is 0.238 e. The minimum absolute atomic E-state index is 0.552. The molecule has 0 spiro atoms. The van der Waals surface area contributed by atoms with Crippen molar-refractivity contribution in [2.24, 2.45) is 0 Å². The summed E-state index contributed by atoms with van der Waals surface area (Å²) >= 11 is 0. The van der Waals surface area contributed by atoms with Gasteiger partial charge in [-0.15, -0.1) is 0 Å². The third-order valence-electron chi connectivity index (χ3n) is 23.9. The van der Waals surface area contributed by atoms with Crippen LogP contribution >= 0.6 is 0 Å². The first-order valence-corrected chi connectivity index (χ1v) is 40.3. The maximum atomic E-state index is 7.13. The molecule has 119 heavy (non-hydrogen) atoms. The summed E-state index contributed by atoms with van der Waals surface area (Å²) in [5, 5.41) is 11.2. The lowest BCUT2D eigenvalue weighted by molar-refractivity contribution is 0.666. The van der Waals surface area contributed by atoms with E-state index in [9.17, 15) is 0 Å². The van der Waals surface area contributed by atoms with Crippen LogP contribution in [0.5, 0.6) is 0 Å². The van der Waals surface area contributed by atoms with Gasteiger partial charge in [0, 0.05) is 81.8 Å². The molecule has 554 valence electrons. The fraction of sp³-hybridized carbons (Fsp3) is 0. The third kappa shape index (κ3) is 11.2. The van der Waals surface area contributed by atoms with Crippen molar-refractivity contribution >= 4 is 109 Å². The molecular weight excluding hydrogens is 1450 g/mol. The standard InChI is InChI=1S/C109H67N9O/c1-7-24-68(25-8-1)75-48-57-101-91(60-75)92-65-80(52-59-102(92)118(101)109-113-106(73-30-13-4-14-31-73)112-107(114-109)74-32-15-5-16-33-74)79-49-55-98-90(64-79)89-61-76(47-54-97(89)115(98)82-34-17-6-18-35-82)69-42-44-70(45-43-69)81-46-53-85-86-38-23-41-103(105(86)119-104(85)66-81)116-95-39-21-19-36-83(95)87-62-77(50-56-99(87)116)78-51-58-100-88(63-78)84-37-20-22-40-96(84)117(100)108-110-93(71-26-9-2-10-27-71)67-94(111-108)72-28-11-3-12-29-72/h1-67H. The van der Waals surface area contributed by atoms with Crippen LogP contribution in [0.1, 0.15) is 0 Å². The fourth-order valence-electron chi connectivity index (χ4n) is 18.2. The second kappa shape index (κ2) is 27.3. The van der Waals surface area contributed by atoms with E-state index in [2.05, 4.69) is 376 Å². The van der Waals surface area contributed by atoms with E-state index >= 15 is 0 Å². The van der Waals surface area contributed by atoms with Gasteiger partial charge in [-0.3, -0.25) is 9.13 Å². The van der Waals surface area contributed by atoms with Gasteiger partial charge in [0.2, 0.25) is 11.9 Å². The lowest BCUT2D eigenvalue weighted by atomic mass is 9.97. The lowest BCUT2D eigenvalue weighted by Crippen LogP contribution is -2.06. The second-order valence-electron chi connectivity index (χ2n) is 30.7. The van der Waals surface area contributed by atoms with Gasteiger partial charge in [0.25, 0.3) is 0 Å². The van der Waals surface area contributed by atoms with Gasteiger partial charge in [-0.05, 0) is 177 Å². The Morgan fingerprint density at radius 3 is 0.941 bits per heavy atom. The van der Waals surface area contributed by atoms with Gasteiger partial charge in [0.15, 0.2) is 17.2 Å². The maximum absolute atomic E-state index is 7.13. The van der Waals surface area contributed by atoms with Gasteiger partial charge in [0.1, 0.15) is 5.58 Å². The van der Waals surface area contributed by atoms with Crippen LogP contribution in [0.25, 0.3) is 233 Å². The molecule has 24 aromatic rings. The number of rotatable bonds is 13. The smallest absolute Gasteiger partial charge is 0.238 e. The van der Waals surface area contributed by atoms with Gasteiger partial charge in [-0.2, -0.15) is 9.97 Å². The quantitative estimate of drug-likeness (QED) is 0.114. The summed E-state index contributed by atoms with van der Waals surface area (Å²) in [6.07, 6.45) is 0. The van der Waals surface area contributed by atoms with Crippen molar-refractivity contribution in [1.82, 2.24) is 43.2 Å². The van der Waals surface area contributed by atoms with Crippen molar-refractivity contribution in [2.45, 2.75) is 0 Å². The first kappa shape index (κ1) is 67.3. The molecule has 0 bridgehead atoms. The molecule has 10 nitrogen and oxygen atoms in total. The second-order valence-corrected chi connectivity index (χ2v) is 30.7. The Hall–Kier alpha value is -16.2. The monoisotopic (exact) mass is 1520 g/mol. The Balaban J connectivity index is 0.567. The van der Waals surface area contributed by atoms with Crippen molar-refractivity contribution in [2.75, 3.05) is 0 Å². The lowest BCUT2D eigenvalue weighted by Gasteiger charge is -2.12. The molecular formula is C109H67N9O. The number of hydrogen-bond acceptors (Lipinski definition) is 6. The molecule has 0 radical (unpaired) electrons. The predicted octanol–water partition coefficient (Wildman–Crippen LogP) is 28.0. The van der Waals surface area contributed by atoms with Crippen LogP contribution in [0.4, 0.5) is 0 Å². The number of fused-ring (bicyclic) bond motifs is 15. The zero-order valence-corrected chi connectivity index (χ0v) is 64.1. The Bertz CT molecular complexity index is 8080. The zero-order valence-electron chi connectivity index (χ0n) is 64.1. The first-order chi connectivity index (χ1) is 59.0. The van der Waals surface area contributed by atoms with E-state index in [0.29, 0.717) is 23.5 Å². The number of aromatic nitrogens is 9. The van der Waals surface area contributed by atoms with Crippen LogP contribution in [-0.4, -0.2) is 43.2 Å². The van der Waals surface area contributed by atoms with Crippen LogP contribution < -0.4 is 0 Å². The summed E-state index contributed by atoms with van der Waals surface area (Å²) in [4.78, 5) is 26.2. The highest BCUT2D eigenvalue weighted by molar-refractivity contribution is 6.17. The van der Waals surface area contributed by atoms with Crippen molar-refractivity contribution in [3.8, 4) is 124 Å². The van der Waals surface area contributed by atoms with Crippen molar-refractivity contribution in [3.05, 3.63) is 406 Å². The van der Waals surface area contributed by atoms with Gasteiger partial charge >= 0.3 is 0 Å². The highest BCUT2D eigenvalue weighted by Crippen LogP contribution is 2.46. The topological polar surface area (TPSA) is 97.3 Å². The van der Waals surface area contributed by atoms with Crippen molar-refractivity contribution in [1.29, 1.82) is 0 Å². The average Bonchev–Trinajstić information content (AvgIpc) is 1.58. The van der Waals surface area contributed by atoms with Crippen molar-refractivity contribution in [3.63, 3.8) is 0 Å². The highest BCUT2D eigenvalue weighted by atomic mass is 16.3. The largest absolute Gasteiger partial charge is 0.454 e. The molecule has 0 N–H and O–H groups in total. The molecule has 17 aromatic carbocycles. The molecule has 0 atom stereocenters. The number of furan rings is 1.